The highest BCUT2D eigenvalue weighted by Crippen LogP contribution is 2.18. The summed E-state index contributed by atoms with van der Waals surface area (Å²) in [5.74, 6) is 0. The van der Waals surface area contributed by atoms with Crippen LogP contribution in [0.1, 0.15) is 33.6 Å². The number of nitrogens with zero attached hydrogens (tertiary/aromatic N) is 1. The van der Waals surface area contributed by atoms with Crippen molar-refractivity contribution in [3.05, 3.63) is 0 Å². The molecule has 1 N–H and O–H groups in total. The third-order valence-corrected chi connectivity index (χ3v) is 2.69. The monoisotopic (exact) mass is 184 g/mol. The van der Waals surface area contributed by atoms with E-state index in [9.17, 15) is 0 Å². The molecular formula is C11H24N2. The van der Waals surface area contributed by atoms with Gasteiger partial charge in [-0.05, 0) is 38.4 Å². The van der Waals surface area contributed by atoms with E-state index in [4.69, 9.17) is 0 Å². The Morgan fingerprint density at radius 1 is 1.23 bits per heavy atom. The van der Waals surface area contributed by atoms with E-state index in [-0.39, 0.29) is 0 Å². The molecule has 1 aliphatic heterocycles. The van der Waals surface area contributed by atoms with E-state index in [2.05, 4.69) is 38.0 Å². The highest BCUT2D eigenvalue weighted by Gasteiger charge is 2.21. The molecule has 1 aliphatic rings. The predicted octanol–water partition coefficient (Wildman–Crippen LogP) is 1.72. The Labute approximate surface area is 82.7 Å². The summed E-state index contributed by atoms with van der Waals surface area (Å²) in [4.78, 5) is 2.59. The molecule has 0 saturated carbocycles. The lowest BCUT2D eigenvalue weighted by molar-refractivity contribution is 0.148. The zero-order chi connectivity index (χ0) is 9.90. The SMILES string of the molecule is CNC1CCN(CC(C)(C)C)CC1. The van der Waals surface area contributed by atoms with Gasteiger partial charge in [-0.3, -0.25) is 0 Å². The molecule has 0 aromatic heterocycles. The summed E-state index contributed by atoms with van der Waals surface area (Å²) in [6, 6.07) is 0.760. The minimum Gasteiger partial charge on any atom is -0.317 e. The second kappa shape index (κ2) is 4.43. The summed E-state index contributed by atoms with van der Waals surface area (Å²) in [6.45, 7) is 10.7. The average molecular weight is 184 g/mol. The maximum atomic E-state index is 3.36. The van der Waals surface area contributed by atoms with Crippen molar-refractivity contribution in [2.24, 2.45) is 5.41 Å². The number of hydrogen-bond donors (Lipinski definition) is 1. The molecular weight excluding hydrogens is 160 g/mol. The Morgan fingerprint density at radius 3 is 2.15 bits per heavy atom. The van der Waals surface area contributed by atoms with Gasteiger partial charge in [-0.15, -0.1) is 0 Å². The molecule has 1 rings (SSSR count). The highest BCUT2D eigenvalue weighted by atomic mass is 15.1. The van der Waals surface area contributed by atoms with Crippen molar-refractivity contribution in [1.29, 1.82) is 0 Å². The van der Waals surface area contributed by atoms with Gasteiger partial charge in [0.05, 0.1) is 0 Å². The van der Waals surface area contributed by atoms with E-state index in [1.54, 1.807) is 0 Å². The van der Waals surface area contributed by atoms with Gasteiger partial charge in [0.2, 0.25) is 0 Å². The summed E-state index contributed by atoms with van der Waals surface area (Å²) >= 11 is 0. The summed E-state index contributed by atoms with van der Waals surface area (Å²) in [6.07, 6.45) is 2.62. The van der Waals surface area contributed by atoms with Crippen LogP contribution >= 0.6 is 0 Å². The summed E-state index contributed by atoms with van der Waals surface area (Å²) in [5.41, 5.74) is 0.451. The van der Waals surface area contributed by atoms with Crippen molar-refractivity contribution in [3.63, 3.8) is 0 Å². The van der Waals surface area contributed by atoms with Crippen LogP contribution in [0.3, 0.4) is 0 Å². The Bertz CT molecular complexity index is 141. The van der Waals surface area contributed by atoms with Crippen LogP contribution < -0.4 is 5.32 Å². The van der Waals surface area contributed by atoms with Gasteiger partial charge in [0.25, 0.3) is 0 Å². The van der Waals surface area contributed by atoms with Crippen molar-refractivity contribution in [2.75, 3.05) is 26.7 Å². The van der Waals surface area contributed by atoms with E-state index in [0.29, 0.717) is 5.41 Å². The standard InChI is InChI=1S/C11H24N2/c1-11(2,3)9-13-7-5-10(12-4)6-8-13/h10,12H,5-9H2,1-4H3. The molecule has 1 fully saturated rings. The smallest absolute Gasteiger partial charge is 0.00884 e. The van der Waals surface area contributed by atoms with Gasteiger partial charge < -0.3 is 10.2 Å². The first-order valence-electron chi connectivity index (χ1n) is 5.41. The fraction of sp³-hybridized carbons (Fsp3) is 1.00. The second-order valence-corrected chi connectivity index (χ2v) is 5.40. The Kier molecular flexibility index (Phi) is 3.74. The molecule has 0 atom stereocenters. The molecule has 0 unspecified atom stereocenters. The van der Waals surface area contributed by atoms with Crippen LogP contribution in [0, 0.1) is 5.41 Å². The lowest BCUT2D eigenvalue weighted by atomic mass is 9.94. The molecule has 2 nitrogen and oxygen atoms in total. The van der Waals surface area contributed by atoms with E-state index in [0.717, 1.165) is 6.04 Å². The largest absolute Gasteiger partial charge is 0.317 e. The number of piperidine rings is 1. The maximum absolute atomic E-state index is 3.36. The maximum Gasteiger partial charge on any atom is 0.00884 e. The van der Waals surface area contributed by atoms with Gasteiger partial charge in [-0.1, -0.05) is 20.8 Å². The molecule has 2 heteroatoms. The lowest BCUT2D eigenvalue weighted by Gasteiger charge is -2.35. The minimum atomic E-state index is 0.451. The summed E-state index contributed by atoms with van der Waals surface area (Å²) in [7, 11) is 2.07. The Morgan fingerprint density at radius 2 is 1.77 bits per heavy atom. The third kappa shape index (κ3) is 4.10. The molecule has 78 valence electrons. The van der Waals surface area contributed by atoms with E-state index >= 15 is 0 Å². The molecule has 0 aliphatic carbocycles. The molecule has 0 radical (unpaired) electrons. The zero-order valence-electron chi connectivity index (χ0n) is 9.56. The van der Waals surface area contributed by atoms with Crippen molar-refractivity contribution >= 4 is 0 Å². The van der Waals surface area contributed by atoms with Crippen LogP contribution in [0.2, 0.25) is 0 Å². The molecule has 0 amide bonds. The zero-order valence-corrected chi connectivity index (χ0v) is 9.56. The fourth-order valence-corrected chi connectivity index (χ4v) is 2.05. The quantitative estimate of drug-likeness (QED) is 0.703. The molecule has 0 aromatic carbocycles. The van der Waals surface area contributed by atoms with Gasteiger partial charge in [-0.25, -0.2) is 0 Å². The van der Waals surface area contributed by atoms with E-state index in [1.807, 2.05) is 0 Å². The van der Waals surface area contributed by atoms with Crippen LogP contribution in [0.4, 0.5) is 0 Å². The first-order valence-corrected chi connectivity index (χ1v) is 5.41. The lowest BCUT2D eigenvalue weighted by Crippen LogP contribution is -2.44. The Balaban J connectivity index is 2.25. The van der Waals surface area contributed by atoms with Gasteiger partial charge >= 0.3 is 0 Å². The summed E-state index contributed by atoms with van der Waals surface area (Å²) < 4.78 is 0. The number of nitrogens with one attached hydrogen (secondary N) is 1. The molecule has 1 heterocycles. The molecule has 13 heavy (non-hydrogen) atoms. The first-order chi connectivity index (χ1) is 6.01. The normalized spacial score (nSPS) is 22.2. The van der Waals surface area contributed by atoms with Gasteiger partial charge in [0.1, 0.15) is 0 Å². The predicted molar refractivity (Wildman–Crippen MR) is 58.0 cm³/mol. The van der Waals surface area contributed by atoms with Crippen LogP contribution in [0.25, 0.3) is 0 Å². The number of rotatable bonds is 2. The molecule has 0 spiro atoms. The topological polar surface area (TPSA) is 15.3 Å². The van der Waals surface area contributed by atoms with Gasteiger partial charge in [0, 0.05) is 12.6 Å². The van der Waals surface area contributed by atoms with E-state index in [1.165, 1.54) is 32.5 Å². The van der Waals surface area contributed by atoms with Gasteiger partial charge in [0.15, 0.2) is 0 Å². The van der Waals surface area contributed by atoms with Crippen LogP contribution in [-0.2, 0) is 0 Å². The van der Waals surface area contributed by atoms with Crippen molar-refractivity contribution in [3.8, 4) is 0 Å². The highest BCUT2D eigenvalue weighted by molar-refractivity contribution is 4.78. The van der Waals surface area contributed by atoms with Crippen LogP contribution in [0.5, 0.6) is 0 Å². The van der Waals surface area contributed by atoms with Crippen LogP contribution in [0.15, 0.2) is 0 Å². The summed E-state index contributed by atoms with van der Waals surface area (Å²) in [5, 5.41) is 3.36. The second-order valence-electron chi connectivity index (χ2n) is 5.40. The number of hydrogen-bond acceptors (Lipinski definition) is 2. The molecule has 0 bridgehead atoms. The number of likely N-dealkylation sites (tertiary alicyclic amines) is 1. The third-order valence-electron chi connectivity index (χ3n) is 2.69. The van der Waals surface area contributed by atoms with Crippen molar-refractivity contribution in [1.82, 2.24) is 10.2 Å². The minimum absolute atomic E-state index is 0.451. The molecule has 1 saturated heterocycles. The van der Waals surface area contributed by atoms with Gasteiger partial charge in [-0.2, -0.15) is 0 Å². The fourth-order valence-electron chi connectivity index (χ4n) is 2.05. The Hall–Kier alpha value is -0.0800. The molecule has 0 aromatic rings. The average Bonchev–Trinajstić information content (AvgIpc) is 2.03. The van der Waals surface area contributed by atoms with Crippen molar-refractivity contribution < 1.29 is 0 Å². The first kappa shape index (κ1) is 11.0. The van der Waals surface area contributed by atoms with Crippen molar-refractivity contribution in [2.45, 2.75) is 39.7 Å². The van der Waals surface area contributed by atoms with Crippen LogP contribution in [-0.4, -0.2) is 37.6 Å². The van der Waals surface area contributed by atoms with E-state index < -0.39 is 0 Å².